The zero-order valence-corrected chi connectivity index (χ0v) is 11.8. The first kappa shape index (κ1) is 14.8. The minimum absolute atomic E-state index is 0.0806. The van der Waals surface area contributed by atoms with Crippen LogP contribution in [0.3, 0.4) is 0 Å². The number of carboxylic acid groups (broad SMARTS) is 1. The Morgan fingerprint density at radius 3 is 2.65 bits per heavy atom. The van der Waals surface area contributed by atoms with Gasteiger partial charge in [-0.1, -0.05) is 12.8 Å². The van der Waals surface area contributed by atoms with Gasteiger partial charge >= 0.3 is 5.97 Å². The van der Waals surface area contributed by atoms with E-state index in [4.69, 9.17) is 10.2 Å². The molecule has 0 aliphatic heterocycles. The number of hydrogen-bond acceptors (Lipinski definition) is 4. The number of rotatable bonds is 7. The number of carboxylic acids is 1. The van der Waals surface area contributed by atoms with Crippen LogP contribution in [0.15, 0.2) is 23.1 Å². The SMILES string of the molecule is NS(=O)(=O)c1ccc(NCCCC2CC2)c(C(=O)O)c1. The van der Waals surface area contributed by atoms with Gasteiger partial charge in [0.2, 0.25) is 10.0 Å². The molecular formula is C13H18N2O4S. The van der Waals surface area contributed by atoms with Crippen LogP contribution in [0.2, 0.25) is 0 Å². The van der Waals surface area contributed by atoms with Gasteiger partial charge < -0.3 is 10.4 Å². The van der Waals surface area contributed by atoms with Gasteiger partial charge in [0, 0.05) is 12.2 Å². The van der Waals surface area contributed by atoms with Gasteiger partial charge in [-0.2, -0.15) is 0 Å². The van der Waals surface area contributed by atoms with Crippen molar-refractivity contribution in [1.29, 1.82) is 0 Å². The molecule has 0 spiro atoms. The number of anilines is 1. The van der Waals surface area contributed by atoms with Crippen LogP contribution in [-0.4, -0.2) is 26.0 Å². The van der Waals surface area contributed by atoms with Gasteiger partial charge in [-0.15, -0.1) is 0 Å². The van der Waals surface area contributed by atoms with E-state index in [1.54, 1.807) is 0 Å². The average molecular weight is 298 g/mol. The van der Waals surface area contributed by atoms with E-state index < -0.39 is 16.0 Å². The van der Waals surface area contributed by atoms with E-state index in [1.807, 2.05) is 0 Å². The van der Waals surface area contributed by atoms with E-state index in [1.165, 1.54) is 25.0 Å². The second-order valence-electron chi connectivity index (χ2n) is 5.07. The molecule has 0 unspecified atom stereocenters. The summed E-state index contributed by atoms with van der Waals surface area (Å²) in [6.45, 7) is 0.672. The Morgan fingerprint density at radius 2 is 2.10 bits per heavy atom. The molecule has 1 aromatic carbocycles. The fourth-order valence-electron chi connectivity index (χ4n) is 2.05. The van der Waals surface area contributed by atoms with E-state index in [-0.39, 0.29) is 10.5 Å². The molecule has 0 atom stereocenters. The summed E-state index contributed by atoms with van der Waals surface area (Å²) < 4.78 is 22.5. The third-order valence-corrected chi connectivity index (χ3v) is 4.26. The molecular weight excluding hydrogens is 280 g/mol. The fraction of sp³-hybridized carbons (Fsp3) is 0.462. The summed E-state index contributed by atoms with van der Waals surface area (Å²) >= 11 is 0. The standard InChI is InChI=1S/C13H18N2O4S/c14-20(18,19)10-5-6-12(11(8-10)13(16)17)15-7-1-2-9-3-4-9/h5-6,8-9,15H,1-4,7H2,(H,16,17)(H2,14,18,19). The lowest BCUT2D eigenvalue weighted by Crippen LogP contribution is -2.14. The molecule has 0 amide bonds. The topological polar surface area (TPSA) is 109 Å². The molecule has 1 aliphatic carbocycles. The molecule has 1 fully saturated rings. The fourth-order valence-corrected chi connectivity index (χ4v) is 2.59. The quantitative estimate of drug-likeness (QED) is 0.663. The Bertz CT molecular complexity index is 609. The number of aromatic carboxylic acids is 1. The molecule has 1 saturated carbocycles. The van der Waals surface area contributed by atoms with E-state index in [0.29, 0.717) is 12.2 Å². The Kier molecular flexibility index (Phi) is 4.29. The van der Waals surface area contributed by atoms with Crippen LogP contribution >= 0.6 is 0 Å². The number of nitrogens with one attached hydrogen (secondary N) is 1. The molecule has 1 aliphatic rings. The number of sulfonamides is 1. The van der Waals surface area contributed by atoms with Gasteiger partial charge in [-0.25, -0.2) is 18.4 Å². The number of benzene rings is 1. The minimum Gasteiger partial charge on any atom is -0.478 e. The van der Waals surface area contributed by atoms with Crippen molar-refractivity contribution in [2.45, 2.75) is 30.6 Å². The highest BCUT2D eigenvalue weighted by atomic mass is 32.2. The van der Waals surface area contributed by atoms with Gasteiger partial charge in [-0.05, 0) is 37.0 Å². The Labute approximate surface area is 118 Å². The number of hydrogen-bond donors (Lipinski definition) is 3. The largest absolute Gasteiger partial charge is 0.478 e. The molecule has 7 heteroatoms. The molecule has 0 bridgehead atoms. The van der Waals surface area contributed by atoms with Crippen LogP contribution in [0.4, 0.5) is 5.69 Å². The first-order valence-corrected chi connectivity index (χ1v) is 8.06. The van der Waals surface area contributed by atoms with Crippen molar-refractivity contribution in [3.63, 3.8) is 0 Å². The van der Waals surface area contributed by atoms with E-state index in [0.717, 1.165) is 24.8 Å². The van der Waals surface area contributed by atoms with Crippen LogP contribution in [0.5, 0.6) is 0 Å². The molecule has 20 heavy (non-hydrogen) atoms. The van der Waals surface area contributed by atoms with Crippen LogP contribution in [-0.2, 0) is 10.0 Å². The maximum absolute atomic E-state index is 11.2. The molecule has 6 nitrogen and oxygen atoms in total. The second-order valence-corrected chi connectivity index (χ2v) is 6.63. The molecule has 0 heterocycles. The van der Waals surface area contributed by atoms with Gasteiger partial charge in [0.25, 0.3) is 0 Å². The summed E-state index contributed by atoms with van der Waals surface area (Å²) in [6.07, 6.45) is 4.71. The van der Waals surface area contributed by atoms with Crippen molar-refractivity contribution in [3.8, 4) is 0 Å². The first-order chi connectivity index (χ1) is 9.38. The van der Waals surface area contributed by atoms with Crippen LogP contribution in [0, 0.1) is 5.92 Å². The second kappa shape index (κ2) is 5.80. The molecule has 0 saturated heterocycles. The van der Waals surface area contributed by atoms with Gasteiger partial charge in [0.15, 0.2) is 0 Å². The highest BCUT2D eigenvalue weighted by Gasteiger charge is 2.20. The normalized spacial score (nSPS) is 15.1. The number of primary sulfonamides is 1. The van der Waals surface area contributed by atoms with Crippen LogP contribution in [0.1, 0.15) is 36.0 Å². The Hall–Kier alpha value is -1.60. The van der Waals surface area contributed by atoms with Crippen molar-refractivity contribution in [3.05, 3.63) is 23.8 Å². The van der Waals surface area contributed by atoms with Crippen molar-refractivity contribution >= 4 is 21.7 Å². The highest BCUT2D eigenvalue weighted by molar-refractivity contribution is 7.89. The predicted octanol–water partition coefficient (Wildman–Crippen LogP) is 1.63. The lowest BCUT2D eigenvalue weighted by molar-refractivity contribution is 0.0697. The summed E-state index contributed by atoms with van der Waals surface area (Å²) in [4.78, 5) is 11.0. The van der Waals surface area contributed by atoms with Gasteiger partial charge in [0.05, 0.1) is 10.5 Å². The monoisotopic (exact) mass is 298 g/mol. The smallest absolute Gasteiger partial charge is 0.337 e. The Balaban J connectivity index is 2.08. The zero-order valence-electron chi connectivity index (χ0n) is 11.0. The third kappa shape index (κ3) is 3.94. The van der Waals surface area contributed by atoms with Crippen molar-refractivity contribution in [1.82, 2.24) is 0 Å². The van der Waals surface area contributed by atoms with E-state index in [2.05, 4.69) is 5.32 Å². The minimum atomic E-state index is -3.89. The molecule has 110 valence electrons. The summed E-state index contributed by atoms with van der Waals surface area (Å²) in [5, 5.41) is 17.2. The molecule has 0 radical (unpaired) electrons. The molecule has 4 N–H and O–H groups in total. The maximum atomic E-state index is 11.2. The summed E-state index contributed by atoms with van der Waals surface area (Å²) in [7, 11) is -3.89. The lowest BCUT2D eigenvalue weighted by atomic mass is 10.1. The van der Waals surface area contributed by atoms with E-state index in [9.17, 15) is 13.2 Å². The van der Waals surface area contributed by atoms with E-state index >= 15 is 0 Å². The Morgan fingerprint density at radius 1 is 1.40 bits per heavy atom. The van der Waals surface area contributed by atoms with Crippen molar-refractivity contribution in [2.75, 3.05) is 11.9 Å². The number of carbonyl (C=O) groups is 1. The lowest BCUT2D eigenvalue weighted by Gasteiger charge is -2.10. The van der Waals surface area contributed by atoms with Crippen LogP contribution in [0.25, 0.3) is 0 Å². The first-order valence-electron chi connectivity index (χ1n) is 6.52. The highest BCUT2D eigenvalue weighted by Crippen LogP contribution is 2.33. The van der Waals surface area contributed by atoms with Crippen LogP contribution < -0.4 is 10.5 Å². The van der Waals surface area contributed by atoms with Gasteiger partial charge in [0.1, 0.15) is 0 Å². The summed E-state index contributed by atoms with van der Waals surface area (Å²) in [5.74, 6) is -0.347. The zero-order chi connectivity index (χ0) is 14.8. The average Bonchev–Trinajstić information content (AvgIpc) is 3.17. The molecule has 0 aromatic heterocycles. The predicted molar refractivity (Wildman–Crippen MR) is 75.2 cm³/mol. The third-order valence-electron chi connectivity index (χ3n) is 3.35. The molecule has 1 aromatic rings. The number of nitrogens with two attached hydrogens (primary N) is 1. The maximum Gasteiger partial charge on any atom is 0.337 e. The van der Waals surface area contributed by atoms with Gasteiger partial charge in [-0.3, -0.25) is 0 Å². The van der Waals surface area contributed by atoms with Crippen molar-refractivity contribution < 1.29 is 18.3 Å². The summed E-state index contributed by atoms with van der Waals surface area (Å²) in [5.41, 5.74) is 0.337. The van der Waals surface area contributed by atoms with Crippen molar-refractivity contribution in [2.24, 2.45) is 11.1 Å². The molecule has 2 rings (SSSR count). The summed E-state index contributed by atoms with van der Waals surface area (Å²) in [6, 6.07) is 3.84.